The molecule has 6 nitrogen and oxygen atoms in total. The average molecular weight is 574 g/mol. The van der Waals surface area contributed by atoms with E-state index in [2.05, 4.69) is 37.3 Å². The first-order valence-corrected chi connectivity index (χ1v) is 11.9. The number of halogens is 2. The first kappa shape index (κ1) is 25.1. The molecule has 0 heterocycles. The predicted octanol–water partition coefficient (Wildman–Crippen LogP) is 4.95. The topological polar surface area (TPSA) is 75.8 Å². The molecule has 170 valence electrons. The molecule has 3 rings (SSSR count). The van der Waals surface area contributed by atoms with Crippen LogP contribution in [-0.2, 0) is 4.79 Å². The van der Waals surface area contributed by atoms with E-state index in [0.29, 0.717) is 29.5 Å². The summed E-state index contributed by atoms with van der Waals surface area (Å²) in [5.41, 5.74) is 4.09. The van der Waals surface area contributed by atoms with Gasteiger partial charge in [-0.3, -0.25) is 4.79 Å². The summed E-state index contributed by atoms with van der Waals surface area (Å²) in [6.07, 6.45) is 2.22. The molecular formula is C25H24Br2N3O3+. The lowest BCUT2D eigenvalue weighted by Crippen LogP contribution is -2.43. The third-order valence-corrected chi connectivity index (χ3v) is 6.32. The maximum absolute atomic E-state index is 12.9. The van der Waals surface area contributed by atoms with Gasteiger partial charge in [0.1, 0.15) is 22.5 Å². The van der Waals surface area contributed by atoms with Gasteiger partial charge in [0.15, 0.2) is 6.54 Å². The second kappa shape index (κ2) is 11.5. The molecule has 33 heavy (non-hydrogen) atoms. The number of hydrazine groups is 1. The fraction of sp³-hybridized carbons (Fsp3) is 0.200. The molecule has 0 spiro atoms. The van der Waals surface area contributed by atoms with Gasteiger partial charge in [0.05, 0.1) is 10.0 Å². The third-order valence-electron chi connectivity index (χ3n) is 4.96. The summed E-state index contributed by atoms with van der Waals surface area (Å²) in [6.45, 7) is 12.4. The van der Waals surface area contributed by atoms with Crippen molar-refractivity contribution in [3.8, 4) is 11.5 Å². The molecular weight excluding hydrogens is 550 g/mol. The van der Waals surface area contributed by atoms with Gasteiger partial charge in [-0.1, -0.05) is 30.3 Å². The molecule has 3 aromatic rings. The van der Waals surface area contributed by atoms with Gasteiger partial charge in [0.2, 0.25) is 6.21 Å². The van der Waals surface area contributed by atoms with Gasteiger partial charge >= 0.3 is 0 Å². The Balaban J connectivity index is 1.82. The summed E-state index contributed by atoms with van der Waals surface area (Å²) in [5, 5.41) is 22.5. The van der Waals surface area contributed by atoms with Crippen LogP contribution in [0.15, 0.2) is 57.5 Å². The number of nitrogens with one attached hydrogen (secondary N) is 1. The van der Waals surface area contributed by atoms with Gasteiger partial charge < -0.3 is 15.1 Å². The minimum atomic E-state index is -0.266. The Morgan fingerprint density at radius 2 is 1.76 bits per heavy atom. The Morgan fingerprint density at radius 1 is 1.03 bits per heavy atom. The highest BCUT2D eigenvalue weighted by Gasteiger charge is 2.19. The fourth-order valence-electron chi connectivity index (χ4n) is 3.37. The normalized spacial score (nSPS) is 11.6. The van der Waals surface area contributed by atoms with Gasteiger partial charge in [-0.2, -0.15) is 0 Å². The van der Waals surface area contributed by atoms with Crippen LogP contribution in [0.2, 0.25) is 0 Å². The van der Waals surface area contributed by atoms with E-state index in [0.717, 1.165) is 16.5 Å². The van der Waals surface area contributed by atoms with Gasteiger partial charge in [-0.15, -0.1) is 10.1 Å². The number of nitrogens with zero attached hydrogens (tertiary/aromatic N) is 2. The number of carbonyl (C=O) groups excluding carboxylic acids is 1. The Hall–Kier alpha value is -2.58. The summed E-state index contributed by atoms with van der Waals surface area (Å²) in [7, 11) is 0. The van der Waals surface area contributed by atoms with Gasteiger partial charge in [-0.25, -0.2) is 0 Å². The molecule has 1 amide bonds. The van der Waals surface area contributed by atoms with E-state index in [4.69, 9.17) is 13.8 Å². The van der Waals surface area contributed by atoms with Crippen molar-refractivity contribution in [1.82, 2.24) is 5.43 Å². The summed E-state index contributed by atoms with van der Waals surface area (Å²) < 4.78 is 2.05. The number of amides is 1. The molecule has 0 aliphatic heterocycles. The zero-order chi connectivity index (χ0) is 24.0. The fourth-order valence-corrected chi connectivity index (χ4v) is 4.53. The van der Waals surface area contributed by atoms with Crippen molar-refractivity contribution in [1.29, 1.82) is 0 Å². The number of hydrogen-bond donors (Lipinski definition) is 3. The Bertz CT molecular complexity index is 1180. The zero-order valence-electron chi connectivity index (χ0n) is 17.8. The second-order valence-electron chi connectivity index (χ2n) is 7.35. The number of rotatable bonds is 9. The molecule has 0 aromatic heterocycles. The lowest BCUT2D eigenvalue weighted by molar-refractivity contribution is -0.568. The molecule has 3 aromatic carbocycles. The van der Waals surface area contributed by atoms with Crippen molar-refractivity contribution in [2.24, 2.45) is 0 Å². The monoisotopic (exact) mass is 572 g/mol. The first-order chi connectivity index (χ1) is 15.8. The summed E-state index contributed by atoms with van der Waals surface area (Å²) >= 11 is 6.40. The quantitative estimate of drug-likeness (QED) is 0.192. The first-order valence-electron chi connectivity index (χ1n) is 10.3. The number of phenols is 2. The number of fused-ring (bicyclic) bond motifs is 1. The highest BCUT2D eigenvalue weighted by Crippen LogP contribution is 2.40. The minimum absolute atomic E-state index is 0.0827. The largest absolute Gasteiger partial charge is 0.506 e. The van der Waals surface area contributed by atoms with Crippen LogP contribution in [0.1, 0.15) is 18.4 Å². The average Bonchev–Trinajstić information content (AvgIpc) is 2.80. The Kier molecular flexibility index (Phi) is 8.74. The highest BCUT2D eigenvalue weighted by molar-refractivity contribution is 9.11. The lowest BCUT2D eigenvalue weighted by Gasteiger charge is -2.23. The van der Waals surface area contributed by atoms with Crippen molar-refractivity contribution in [3.05, 3.63) is 76.9 Å². The zero-order valence-corrected chi connectivity index (χ0v) is 21.0. The highest BCUT2D eigenvalue weighted by atomic mass is 79.9. The molecule has 0 bridgehead atoms. The van der Waals surface area contributed by atoms with Crippen LogP contribution < -0.4 is 10.3 Å². The van der Waals surface area contributed by atoms with Crippen molar-refractivity contribution >= 4 is 60.4 Å². The molecule has 0 unspecified atom stereocenters. The Morgan fingerprint density at radius 3 is 2.45 bits per heavy atom. The van der Waals surface area contributed by atoms with E-state index in [1.807, 2.05) is 47.4 Å². The molecule has 0 saturated heterocycles. The number of aromatic hydroxyl groups is 2. The van der Waals surface area contributed by atoms with Gasteiger partial charge in [0, 0.05) is 18.7 Å². The van der Waals surface area contributed by atoms with Gasteiger partial charge in [-0.05, 0) is 81.1 Å². The second-order valence-corrected chi connectivity index (χ2v) is 8.99. The molecule has 0 aliphatic carbocycles. The van der Waals surface area contributed by atoms with Crippen molar-refractivity contribution in [2.45, 2.75) is 12.8 Å². The van der Waals surface area contributed by atoms with Crippen LogP contribution in [0.25, 0.3) is 10.8 Å². The Labute approximate surface area is 210 Å². The molecule has 8 heteroatoms. The maximum atomic E-state index is 12.9. The molecule has 0 saturated carbocycles. The number of carbonyl (C=O) groups is 1. The van der Waals surface area contributed by atoms with E-state index in [1.54, 1.807) is 12.3 Å². The lowest BCUT2D eigenvalue weighted by atomic mass is 10.1. The van der Waals surface area contributed by atoms with E-state index in [1.165, 1.54) is 4.68 Å². The van der Waals surface area contributed by atoms with Crippen LogP contribution in [0.5, 0.6) is 11.5 Å². The minimum Gasteiger partial charge on any atom is -0.506 e. The van der Waals surface area contributed by atoms with Crippen LogP contribution in [0.4, 0.5) is 5.69 Å². The SMILES string of the molecule is [CH]CCN(CC(=O)N/[N+](=C/c1cc(Br)c(O)c(Br)c1O)CC[CH])c1ccc2ccccc2c1. The smallest absolute Gasteiger partial charge is 0.293 e. The van der Waals surface area contributed by atoms with Crippen LogP contribution in [0, 0.1) is 13.8 Å². The number of hydrazone groups is 1. The number of phenolic OH excluding ortho intramolecular Hbond substituents is 2. The molecule has 0 fully saturated rings. The standard InChI is InChI=1S/C25H23Br2N3O3/c1-3-11-29(20-10-9-17-7-5-6-8-18(17)13-20)16-22(31)28-30(12-4-2)15-19-14-21(26)25(33)23(27)24(19)32/h1-2,5-10,13-15H,3-4,11-12,16H2,(H2,28,31,32,33)/p+1. The van der Waals surface area contributed by atoms with Gasteiger partial charge in [0.25, 0.3) is 5.91 Å². The predicted molar refractivity (Wildman–Crippen MR) is 138 cm³/mol. The summed E-state index contributed by atoms with van der Waals surface area (Å²) in [4.78, 5) is 14.8. The van der Waals surface area contributed by atoms with Crippen molar-refractivity contribution in [3.63, 3.8) is 0 Å². The molecule has 0 aliphatic rings. The molecule has 0 atom stereocenters. The molecule has 4 radical (unpaired) electrons. The maximum Gasteiger partial charge on any atom is 0.293 e. The molecule has 3 N–H and O–H groups in total. The van der Waals surface area contributed by atoms with Crippen LogP contribution in [-0.4, -0.2) is 46.7 Å². The van der Waals surface area contributed by atoms with E-state index in [9.17, 15) is 15.0 Å². The van der Waals surface area contributed by atoms with E-state index >= 15 is 0 Å². The van der Waals surface area contributed by atoms with E-state index in [-0.39, 0.29) is 34.8 Å². The third kappa shape index (κ3) is 6.26. The summed E-state index contributed by atoms with van der Waals surface area (Å²) in [5.74, 6) is -0.544. The van der Waals surface area contributed by atoms with Crippen LogP contribution in [0.3, 0.4) is 0 Å². The van der Waals surface area contributed by atoms with Crippen molar-refractivity contribution in [2.75, 3.05) is 24.5 Å². The van der Waals surface area contributed by atoms with E-state index < -0.39 is 0 Å². The number of benzene rings is 3. The number of hydrogen-bond acceptors (Lipinski definition) is 4. The van der Waals surface area contributed by atoms with Crippen molar-refractivity contribution < 1.29 is 19.7 Å². The number of anilines is 1. The summed E-state index contributed by atoms with van der Waals surface area (Å²) in [6, 6.07) is 15.6. The van der Waals surface area contributed by atoms with Crippen LogP contribution >= 0.6 is 31.9 Å².